The van der Waals surface area contributed by atoms with Gasteiger partial charge in [-0.25, -0.2) is 9.38 Å². The third-order valence-electron chi connectivity index (χ3n) is 2.58. The molecular formula is C14H23FIN3S. The van der Waals surface area contributed by atoms with Gasteiger partial charge in [-0.1, -0.05) is 19.9 Å². The highest BCUT2D eigenvalue weighted by Crippen LogP contribution is 2.17. The molecule has 0 unspecified atom stereocenters. The first-order chi connectivity index (χ1) is 9.02. The molecule has 20 heavy (non-hydrogen) atoms. The van der Waals surface area contributed by atoms with E-state index in [0.717, 1.165) is 23.4 Å². The molecule has 0 saturated carbocycles. The molecule has 0 bridgehead atoms. The summed E-state index contributed by atoms with van der Waals surface area (Å²) in [5.41, 5.74) is 7.78. The van der Waals surface area contributed by atoms with Crippen molar-refractivity contribution >= 4 is 41.7 Å². The summed E-state index contributed by atoms with van der Waals surface area (Å²) in [7, 11) is 0. The van der Waals surface area contributed by atoms with Crippen molar-refractivity contribution < 1.29 is 4.39 Å². The zero-order chi connectivity index (χ0) is 14.3. The Morgan fingerprint density at radius 2 is 2.10 bits per heavy atom. The van der Waals surface area contributed by atoms with E-state index < -0.39 is 0 Å². The van der Waals surface area contributed by atoms with Gasteiger partial charge in [0.1, 0.15) is 5.82 Å². The summed E-state index contributed by atoms with van der Waals surface area (Å²) in [4.78, 5) is 4.29. The van der Waals surface area contributed by atoms with E-state index >= 15 is 0 Å². The smallest absolute Gasteiger partial charge is 0.188 e. The average molecular weight is 411 g/mol. The molecule has 3 nitrogen and oxygen atoms in total. The van der Waals surface area contributed by atoms with Crippen LogP contribution in [0.1, 0.15) is 25.0 Å². The second kappa shape index (κ2) is 10.3. The second-order valence-corrected chi connectivity index (χ2v) is 5.69. The fourth-order valence-corrected chi connectivity index (χ4v) is 2.15. The molecule has 0 aliphatic rings. The van der Waals surface area contributed by atoms with Crippen LogP contribution in [0, 0.1) is 11.7 Å². The molecule has 6 heteroatoms. The van der Waals surface area contributed by atoms with Crippen molar-refractivity contribution in [2.45, 2.75) is 26.1 Å². The number of rotatable bonds is 6. The van der Waals surface area contributed by atoms with Gasteiger partial charge in [0.05, 0.1) is 6.54 Å². The molecule has 0 heterocycles. The Kier molecular flexibility index (Phi) is 10.0. The van der Waals surface area contributed by atoms with Crippen molar-refractivity contribution in [2.75, 3.05) is 12.8 Å². The first-order valence-corrected chi connectivity index (χ1v) is 7.72. The van der Waals surface area contributed by atoms with Crippen LogP contribution in [0.4, 0.5) is 4.39 Å². The van der Waals surface area contributed by atoms with Crippen molar-refractivity contribution in [3.05, 3.63) is 35.1 Å². The van der Waals surface area contributed by atoms with Crippen LogP contribution >= 0.6 is 35.7 Å². The minimum atomic E-state index is -0.206. The molecule has 0 saturated heterocycles. The number of hydrogen-bond donors (Lipinski definition) is 2. The van der Waals surface area contributed by atoms with E-state index in [1.807, 2.05) is 6.26 Å². The highest BCUT2D eigenvalue weighted by molar-refractivity contribution is 14.0. The molecule has 0 aliphatic carbocycles. The number of nitrogens with one attached hydrogen (secondary N) is 1. The van der Waals surface area contributed by atoms with Gasteiger partial charge in [-0.15, -0.1) is 24.0 Å². The topological polar surface area (TPSA) is 50.4 Å². The molecule has 0 fully saturated rings. The maximum absolute atomic E-state index is 13.2. The molecule has 0 aromatic heterocycles. The summed E-state index contributed by atoms with van der Waals surface area (Å²) in [6.07, 6.45) is 2.00. The van der Waals surface area contributed by atoms with Crippen LogP contribution < -0.4 is 11.1 Å². The van der Waals surface area contributed by atoms with E-state index in [4.69, 9.17) is 5.73 Å². The lowest BCUT2D eigenvalue weighted by atomic mass is 10.1. The fourth-order valence-electron chi connectivity index (χ4n) is 1.57. The van der Waals surface area contributed by atoms with Crippen LogP contribution in [0.2, 0.25) is 0 Å². The average Bonchev–Trinajstić information content (AvgIpc) is 2.35. The molecule has 0 spiro atoms. The Balaban J connectivity index is 0.00000361. The van der Waals surface area contributed by atoms with E-state index in [9.17, 15) is 4.39 Å². The van der Waals surface area contributed by atoms with E-state index in [2.05, 4.69) is 24.2 Å². The standard InChI is InChI=1S/C14H22FN3S.HI/c1-10(2)7-17-14(16)18-8-11-4-5-13(15)6-12(11)9-19-3;/h4-6,10H,7-9H2,1-3H3,(H3,16,17,18);1H. The first-order valence-electron chi connectivity index (χ1n) is 6.33. The molecule has 0 atom stereocenters. The SMILES string of the molecule is CSCc1cc(F)ccc1CN=C(N)NCC(C)C.I. The lowest BCUT2D eigenvalue weighted by molar-refractivity contribution is 0.621. The molecule has 0 aliphatic heterocycles. The summed E-state index contributed by atoms with van der Waals surface area (Å²) in [6, 6.07) is 4.81. The number of guanidine groups is 1. The number of benzene rings is 1. The van der Waals surface area contributed by atoms with Crippen molar-refractivity contribution in [1.82, 2.24) is 5.32 Å². The molecular weight excluding hydrogens is 388 g/mol. The van der Waals surface area contributed by atoms with Gasteiger partial charge in [0, 0.05) is 12.3 Å². The zero-order valence-corrected chi connectivity index (χ0v) is 15.3. The highest BCUT2D eigenvalue weighted by Gasteiger charge is 2.04. The molecule has 1 aromatic rings. The van der Waals surface area contributed by atoms with Crippen LogP contribution in [0.15, 0.2) is 23.2 Å². The van der Waals surface area contributed by atoms with Crippen molar-refractivity contribution in [3.63, 3.8) is 0 Å². The number of nitrogens with two attached hydrogens (primary N) is 1. The quantitative estimate of drug-likeness (QED) is 0.429. The predicted octanol–water partition coefficient (Wildman–Crippen LogP) is 3.37. The van der Waals surface area contributed by atoms with Gasteiger partial charge in [-0.05, 0) is 35.4 Å². The summed E-state index contributed by atoms with van der Waals surface area (Å²) < 4.78 is 13.2. The summed E-state index contributed by atoms with van der Waals surface area (Å²) in [6.45, 7) is 5.50. The third kappa shape index (κ3) is 7.33. The number of halogens is 2. The molecule has 114 valence electrons. The third-order valence-corrected chi connectivity index (χ3v) is 3.18. The molecule has 1 rings (SSSR count). The van der Waals surface area contributed by atoms with Gasteiger partial charge < -0.3 is 11.1 Å². The van der Waals surface area contributed by atoms with Crippen molar-refractivity contribution in [2.24, 2.45) is 16.6 Å². The van der Waals surface area contributed by atoms with E-state index in [0.29, 0.717) is 18.4 Å². The van der Waals surface area contributed by atoms with Crippen LogP contribution in [0.3, 0.4) is 0 Å². The zero-order valence-electron chi connectivity index (χ0n) is 12.1. The Bertz CT molecular complexity index is 438. The monoisotopic (exact) mass is 411 g/mol. The largest absolute Gasteiger partial charge is 0.370 e. The van der Waals surface area contributed by atoms with Gasteiger partial charge >= 0.3 is 0 Å². The van der Waals surface area contributed by atoms with E-state index in [1.165, 1.54) is 6.07 Å². The maximum Gasteiger partial charge on any atom is 0.188 e. The lowest BCUT2D eigenvalue weighted by Gasteiger charge is -2.09. The fraction of sp³-hybridized carbons (Fsp3) is 0.500. The highest BCUT2D eigenvalue weighted by atomic mass is 127. The Morgan fingerprint density at radius 3 is 2.70 bits per heavy atom. The van der Waals surface area contributed by atoms with Gasteiger partial charge in [0.25, 0.3) is 0 Å². The molecule has 3 N–H and O–H groups in total. The molecule has 0 amide bonds. The maximum atomic E-state index is 13.2. The predicted molar refractivity (Wildman–Crippen MR) is 97.2 cm³/mol. The van der Waals surface area contributed by atoms with E-state index in [-0.39, 0.29) is 29.8 Å². The first kappa shape index (κ1) is 19.5. The summed E-state index contributed by atoms with van der Waals surface area (Å²) in [5.74, 6) is 1.53. The van der Waals surface area contributed by atoms with Gasteiger partial charge in [0.2, 0.25) is 0 Å². The number of thioether (sulfide) groups is 1. The minimum Gasteiger partial charge on any atom is -0.370 e. The van der Waals surface area contributed by atoms with Crippen molar-refractivity contribution in [1.29, 1.82) is 0 Å². The Hall–Kier alpha value is -0.500. The summed E-state index contributed by atoms with van der Waals surface area (Å²) in [5, 5.41) is 3.06. The van der Waals surface area contributed by atoms with Gasteiger partial charge in [-0.3, -0.25) is 0 Å². The van der Waals surface area contributed by atoms with Gasteiger partial charge in [-0.2, -0.15) is 11.8 Å². The van der Waals surface area contributed by atoms with Crippen LogP contribution in [-0.4, -0.2) is 18.8 Å². The van der Waals surface area contributed by atoms with Gasteiger partial charge in [0.15, 0.2) is 5.96 Å². The lowest BCUT2D eigenvalue weighted by Crippen LogP contribution is -2.34. The number of hydrogen-bond acceptors (Lipinski definition) is 2. The number of nitrogens with zero attached hydrogens (tertiary/aromatic N) is 1. The minimum absolute atomic E-state index is 0. The second-order valence-electron chi connectivity index (χ2n) is 4.82. The Morgan fingerprint density at radius 1 is 1.40 bits per heavy atom. The van der Waals surface area contributed by atoms with Crippen molar-refractivity contribution in [3.8, 4) is 0 Å². The van der Waals surface area contributed by atoms with E-state index in [1.54, 1.807) is 23.9 Å². The van der Waals surface area contributed by atoms with Crippen LogP contribution in [-0.2, 0) is 12.3 Å². The van der Waals surface area contributed by atoms with Crippen LogP contribution in [0.5, 0.6) is 0 Å². The van der Waals surface area contributed by atoms with Crippen LogP contribution in [0.25, 0.3) is 0 Å². The Labute approximate surface area is 142 Å². The molecule has 0 radical (unpaired) electrons. The normalized spacial score (nSPS) is 11.3. The summed E-state index contributed by atoms with van der Waals surface area (Å²) >= 11 is 1.66. The number of aliphatic imine (C=N–C) groups is 1. The molecule has 1 aromatic carbocycles.